The third-order valence-electron chi connectivity index (χ3n) is 3.13. The number of carbonyl (C=O) groups excluding carboxylic acids is 2. The number of rotatable bonds is 4. The molecule has 2 rings (SSSR count). The van der Waals surface area contributed by atoms with Crippen LogP contribution in [-0.2, 0) is 4.79 Å². The molecule has 0 aliphatic heterocycles. The molecule has 0 aliphatic rings. The largest absolute Gasteiger partial charge is 0.423 e. The molecule has 0 heterocycles. The predicted octanol–water partition coefficient (Wildman–Crippen LogP) is 3.63. The molecular formula is C18H16O3. The molecule has 0 amide bonds. The van der Waals surface area contributed by atoms with Gasteiger partial charge in [0.1, 0.15) is 5.75 Å². The van der Waals surface area contributed by atoms with Gasteiger partial charge in [0.2, 0.25) is 0 Å². The van der Waals surface area contributed by atoms with Crippen LogP contribution in [0.15, 0.2) is 55.1 Å². The minimum atomic E-state index is -0.518. The topological polar surface area (TPSA) is 43.4 Å². The van der Waals surface area contributed by atoms with Crippen molar-refractivity contribution in [3.63, 3.8) is 0 Å². The lowest BCUT2D eigenvalue weighted by molar-refractivity contribution is -0.129. The summed E-state index contributed by atoms with van der Waals surface area (Å²) in [7, 11) is 0. The lowest BCUT2D eigenvalue weighted by Crippen LogP contribution is -2.06. The molecule has 0 spiro atoms. The van der Waals surface area contributed by atoms with Crippen LogP contribution in [0, 0.1) is 13.8 Å². The Morgan fingerprint density at radius 3 is 2.19 bits per heavy atom. The second kappa shape index (κ2) is 6.18. The molecule has 0 aromatic heterocycles. The third kappa shape index (κ3) is 3.45. The van der Waals surface area contributed by atoms with Crippen molar-refractivity contribution in [2.75, 3.05) is 0 Å². The van der Waals surface area contributed by atoms with E-state index >= 15 is 0 Å². The summed E-state index contributed by atoms with van der Waals surface area (Å²) in [5.74, 6) is -0.143. The van der Waals surface area contributed by atoms with Gasteiger partial charge in [0, 0.05) is 17.2 Å². The number of ether oxygens (including phenoxy) is 1. The van der Waals surface area contributed by atoms with E-state index in [2.05, 4.69) is 6.58 Å². The van der Waals surface area contributed by atoms with E-state index in [1.165, 1.54) is 0 Å². The van der Waals surface area contributed by atoms with E-state index in [-0.39, 0.29) is 5.78 Å². The first-order valence-corrected chi connectivity index (χ1v) is 6.57. The Bertz CT molecular complexity index is 697. The summed E-state index contributed by atoms with van der Waals surface area (Å²) in [6.07, 6.45) is 1.10. The molecule has 0 bridgehead atoms. The molecule has 21 heavy (non-hydrogen) atoms. The summed E-state index contributed by atoms with van der Waals surface area (Å²) in [4.78, 5) is 23.6. The number of hydrogen-bond donors (Lipinski definition) is 0. The molecule has 3 nitrogen and oxygen atoms in total. The van der Waals surface area contributed by atoms with Crippen LogP contribution in [-0.4, -0.2) is 11.8 Å². The summed E-state index contributed by atoms with van der Waals surface area (Å²) >= 11 is 0. The number of aryl methyl sites for hydroxylation is 2. The third-order valence-corrected chi connectivity index (χ3v) is 3.13. The lowest BCUT2D eigenvalue weighted by atomic mass is 10.0. The van der Waals surface area contributed by atoms with Crippen molar-refractivity contribution in [1.29, 1.82) is 0 Å². The molecule has 106 valence electrons. The van der Waals surface area contributed by atoms with Crippen LogP contribution >= 0.6 is 0 Å². The number of hydrogen-bond acceptors (Lipinski definition) is 3. The zero-order valence-electron chi connectivity index (χ0n) is 12.1. The maximum atomic E-state index is 12.4. The Labute approximate surface area is 123 Å². The van der Waals surface area contributed by atoms with Gasteiger partial charge < -0.3 is 4.74 Å². The van der Waals surface area contributed by atoms with Gasteiger partial charge in [-0.15, -0.1) is 0 Å². The summed E-state index contributed by atoms with van der Waals surface area (Å²) in [5, 5.41) is 0. The highest BCUT2D eigenvalue weighted by Crippen LogP contribution is 2.21. The van der Waals surface area contributed by atoms with E-state index in [1.807, 2.05) is 19.1 Å². The standard InChI is InChI=1S/C18H16O3/c1-4-17(19)21-16-10-9-15(11-13(16)3)18(20)14-7-5-12(2)6-8-14/h4-11H,1H2,2-3H3. The Kier molecular flexibility index (Phi) is 4.33. The van der Waals surface area contributed by atoms with Crippen LogP contribution in [0.5, 0.6) is 5.75 Å². The fourth-order valence-corrected chi connectivity index (χ4v) is 1.93. The van der Waals surface area contributed by atoms with E-state index in [4.69, 9.17) is 4.74 Å². The highest BCUT2D eigenvalue weighted by Gasteiger charge is 2.11. The van der Waals surface area contributed by atoms with Gasteiger partial charge in [-0.2, -0.15) is 0 Å². The molecule has 0 aliphatic carbocycles. The average Bonchev–Trinajstić information content (AvgIpc) is 2.49. The molecule has 0 saturated carbocycles. The highest BCUT2D eigenvalue weighted by atomic mass is 16.5. The quantitative estimate of drug-likeness (QED) is 0.372. The molecule has 3 heteroatoms. The van der Waals surface area contributed by atoms with Crippen molar-refractivity contribution < 1.29 is 14.3 Å². The Balaban J connectivity index is 2.27. The summed E-state index contributed by atoms with van der Waals surface area (Å²) < 4.78 is 5.08. The van der Waals surface area contributed by atoms with E-state index in [9.17, 15) is 9.59 Å². The van der Waals surface area contributed by atoms with Crippen LogP contribution in [0.4, 0.5) is 0 Å². The van der Waals surface area contributed by atoms with Gasteiger partial charge in [0.05, 0.1) is 0 Å². The number of carbonyl (C=O) groups is 2. The lowest BCUT2D eigenvalue weighted by Gasteiger charge is -2.08. The molecule has 0 N–H and O–H groups in total. The number of esters is 1. The second-order valence-corrected chi connectivity index (χ2v) is 4.80. The van der Waals surface area contributed by atoms with E-state index < -0.39 is 5.97 Å². The van der Waals surface area contributed by atoms with Crippen molar-refractivity contribution in [2.24, 2.45) is 0 Å². The highest BCUT2D eigenvalue weighted by molar-refractivity contribution is 6.09. The van der Waals surface area contributed by atoms with Crippen LogP contribution < -0.4 is 4.74 Å². The minimum Gasteiger partial charge on any atom is -0.423 e. The first kappa shape index (κ1) is 14.7. The first-order chi connectivity index (χ1) is 10.0. The molecular weight excluding hydrogens is 264 g/mol. The van der Waals surface area contributed by atoms with Crippen LogP contribution in [0.2, 0.25) is 0 Å². The normalized spacial score (nSPS) is 10.0. The zero-order chi connectivity index (χ0) is 15.4. The molecule has 2 aromatic carbocycles. The Morgan fingerprint density at radius 2 is 1.62 bits per heavy atom. The van der Waals surface area contributed by atoms with Gasteiger partial charge in [-0.05, 0) is 37.6 Å². The minimum absolute atomic E-state index is 0.0558. The van der Waals surface area contributed by atoms with E-state index in [0.29, 0.717) is 16.9 Å². The monoisotopic (exact) mass is 280 g/mol. The molecule has 0 saturated heterocycles. The molecule has 0 atom stereocenters. The molecule has 2 aromatic rings. The van der Waals surface area contributed by atoms with E-state index in [1.54, 1.807) is 37.3 Å². The van der Waals surface area contributed by atoms with Crippen molar-refractivity contribution >= 4 is 11.8 Å². The first-order valence-electron chi connectivity index (χ1n) is 6.57. The summed E-state index contributed by atoms with van der Waals surface area (Å²) in [6, 6.07) is 12.4. The summed E-state index contributed by atoms with van der Waals surface area (Å²) in [6.45, 7) is 7.11. The van der Waals surface area contributed by atoms with Gasteiger partial charge in [-0.1, -0.05) is 36.4 Å². The summed E-state index contributed by atoms with van der Waals surface area (Å²) in [5.41, 5.74) is 3.03. The van der Waals surface area contributed by atoms with Gasteiger partial charge in [0.15, 0.2) is 5.78 Å². The Morgan fingerprint density at radius 1 is 1.00 bits per heavy atom. The van der Waals surface area contributed by atoms with Crippen molar-refractivity contribution in [2.45, 2.75) is 13.8 Å². The fourth-order valence-electron chi connectivity index (χ4n) is 1.93. The smallest absolute Gasteiger partial charge is 0.335 e. The predicted molar refractivity (Wildman–Crippen MR) is 81.6 cm³/mol. The molecule has 0 fully saturated rings. The molecule has 0 unspecified atom stereocenters. The maximum Gasteiger partial charge on any atom is 0.335 e. The van der Waals surface area contributed by atoms with Gasteiger partial charge in [-0.25, -0.2) is 4.79 Å². The van der Waals surface area contributed by atoms with E-state index in [0.717, 1.165) is 17.2 Å². The van der Waals surface area contributed by atoms with Crippen molar-refractivity contribution in [1.82, 2.24) is 0 Å². The number of ketones is 1. The van der Waals surface area contributed by atoms with Crippen molar-refractivity contribution in [3.05, 3.63) is 77.4 Å². The average molecular weight is 280 g/mol. The van der Waals surface area contributed by atoms with Crippen LogP contribution in [0.25, 0.3) is 0 Å². The van der Waals surface area contributed by atoms with Gasteiger partial charge >= 0.3 is 5.97 Å². The van der Waals surface area contributed by atoms with Crippen LogP contribution in [0.1, 0.15) is 27.0 Å². The zero-order valence-corrected chi connectivity index (χ0v) is 12.1. The molecule has 0 radical (unpaired) electrons. The van der Waals surface area contributed by atoms with Crippen LogP contribution in [0.3, 0.4) is 0 Å². The van der Waals surface area contributed by atoms with Gasteiger partial charge in [-0.3, -0.25) is 4.79 Å². The maximum absolute atomic E-state index is 12.4. The fraction of sp³-hybridized carbons (Fsp3) is 0.111. The van der Waals surface area contributed by atoms with Crippen molar-refractivity contribution in [3.8, 4) is 5.75 Å². The SMILES string of the molecule is C=CC(=O)Oc1ccc(C(=O)c2ccc(C)cc2)cc1C. The van der Waals surface area contributed by atoms with Gasteiger partial charge in [0.25, 0.3) is 0 Å². The number of benzene rings is 2. The Hall–Kier alpha value is -2.68. The second-order valence-electron chi connectivity index (χ2n) is 4.80.